The molecule has 0 saturated carbocycles. The van der Waals surface area contributed by atoms with Crippen molar-refractivity contribution in [3.05, 3.63) is 47.8 Å². The molecule has 0 radical (unpaired) electrons. The van der Waals surface area contributed by atoms with E-state index < -0.39 is 0 Å². The van der Waals surface area contributed by atoms with Gasteiger partial charge in [-0.2, -0.15) is 5.10 Å². The van der Waals surface area contributed by atoms with E-state index in [1.54, 1.807) is 10.9 Å². The largest absolute Gasteiger partial charge is 0.493 e. The average Bonchev–Trinajstić information content (AvgIpc) is 2.83. The summed E-state index contributed by atoms with van der Waals surface area (Å²) in [5.41, 5.74) is 1.73. The highest BCUT2D eigenvalue weighted by atomic mass is 16.5. The van der Waals surface area contributed by atoms with Crippen LogP contribution in [0.2, 0.25) is 0 Å². The normalized spacial score (nSPS) is 10.4. The number of ether oxygens (including phenoxy) is 1. The molecule has 4 nitrogen and oxygen atoms in total. The molecule has 0 amide bonds. The molecule has 2 rings (SSSR count). The molecule has 1 aromatic carbocycles. The van der Waals surface area contributed by atoms with Gasteiger partial charge in [-0.15, -0.1) is 0 Å². The third-order valence-corrected chi connectivity index (χ3v) is 2.89. The molecule has 1 heterocycles. The van der Waals surface area contributed by atoms with Crippen molar-refractivity contribution in [2.75, 3.05) is 6.61 Å². The van der Waals surface area contributed by atoms with Crippen LogP contribution < -0.4 is 4.74 Å². The molecule has 100 valence electrons. The van der Waals surface area contributed by atoms with Crippen molar-refractivity contribution >= 4 is 5.78 Å². The van der Waals surface area contributed by atoms with Gasteiger partial charge in [0.1, 0.15) is 5.75 Å². The molecule has 4 heteroatoms. The summed E-state index contributed by atoms with van der Waals surface area (Å²) in [6.07, 6.45) is 4.90. The zero-order valence-corrected chi connectivity index (χ0v) is 11.3. The summed E-state index contributed by atoms with van der Waals surface area (Å²) in [5, 5.41) is 4.09. The second-order valence-corrected chi connectivity index (χ2v) is 4.37. The van der Waals surface area contributed by atoms with Gasteiger partial charge >= 0.3 is 0 Å². The highest BCUT2D eigenvalue weighted by Crippen LogP contribution is 2.20. The fraction of sp³-hybridized carbons (Fsp3) is 0.333. The number of aryl methyl sites for hydroxylation is 2. The molecule has 0 aliphatic rings. The Labute approximate surface area is 113 Å². The highest BCUT2D eigenvalue weighted by Gasteiger charge is 2.12. The Morgan fingerprint density at radius 1 is 1.37 bits per heavy atom. The van der Waals surface area contributed by atoms with E-state index in [1.165, 1.54) is 0 Å². The monoisotopic (exact) mass is 258 g/mol. The fourth-order valence-corrected chi connectivity index (χ4v) is 1.97. The number of hydrogen-bond donors (Lipinski definition) is 0. The molecule has 0 fully saturated rings. The Bertz CT molecular complexity index is 561. The third kappa shape index (κ3) is 3.44. The SMILES string of the molecule is CCOc1ccccc1C(=O)CCc1cnn(C)c1. The topological polar surface area (TPSA) is 44.1 Å². The Kier molecular flexibility index (Phi) is 4.34. The summed E-state index contributed by atoms with van der Waals surface area (Å²) in [4.78, 5) is 12.2. The summed E-state index contributed by atoms with van der Waals surface area (Å²) in [6.45, 7) is 2.48. The molecule has 19 heavy (non-hydrogen) atoms. The number of aromatic nitrogens is 2. The van der Waals surface area contributed by atoms with Gasteiger partial charge in [0.05, 0.1) is 18.4 Å². The first-order valence-electron chi connectivity index (χ1n) is 6.43. The second-order valence-electron chi connectivity index (χ2n) is 4.37. The number of para-hydroxylation sites is 1. The fourth-order valence-electron chi connectivity index (χ4n) is 1.97. The molecular weight excluding hydrogens is 240 g/mol. The second kappa shape index (κ2) is 6.18. The summed E-state index contributed by atoms with van der Waals surface area (Å²) in [5.74, 6) is 0.772. The number of benzene rings is 1. The standard InChI is InChI=1S/C15H18N2O2/c1-3-19-15-7-5-4-6-13(15)14(18)9-8-12-10-16-17(2)11-12/h4-7,10-11H,3,8-9H2,1-2H3. The van der Waals surface area contributed by atoms with Crippen LogP contribution in [-0.2, 0) is 13.5 Å². The van der Waals surface area contributed by atoms with Crippen LogP contribution in [0.15, 0.2) is 36.7 Å². The lowest BCUT2D eigenvalue weighted by Gasteiger charge is -2.08. The van der Waals surface area contributed by atoms with Crippen LogP contribution in [0.3, 0.4) is 0 Å². The lowest BCUT2D eigenvalue weighted by molar-refractivity contribution is 0.0979. The number of carbonyl (C=O) groups is 1. The smallest absolute Gasteiger partial charge is 0.166 e. The van der Waals surface area contributed by atoms with Crippen LogP contribution in [0.5, 0.6) is 5.75 Å². The number of Topliss-reactive ketones (excluding diaryl/α,β-unsaturated/α-hetero) is 1. The van der Waals surface area contributed by atoms with Gasteiger partial charge in [0, 0.05) is 19.7 Å². The van der Waals surface area contributed by atoms with Crippen molar-refractivity contribution in [1.82, 2.24) is 9.78 Å². The van der Waals surface area contributed by atoms with Crippen LogP contribution in [0, 0.1) is 0 Å². The van der Waals surface area contributed by atoms with Crippen molar-refractivity contribution in [2.24, 2.45) is 7.05 Å². The first-order chi connectivity index (χ1) is 9.20. The lowest BCUT2D eigenvalue weighted by atomic mass is 10.0. The Morgan fingerprint density at radius 3 is 2.84 bits per heavy atom. The Hall–Kier alpha value is -2.10. The number of nitrogens with zero attached hydrogens (tertiary/aromatic N) is 2. The van der Waals surface area contributed by atoms with Gasteiger partial charge in [-0.25, -0.2) is 0 Å². The van der Waals surface area contributed by atoms with Crippen LogP contribution in [-0.4, -0.2) is 22.2 Å². The van der Waals surface area contributed by atoms with Crippen molar-refractivity contribution in [3.8, 4) is 5.75 Å². The molecule has 0 N–H and O–H groups in total. The Morgan fingerprint density at radius 2 is 2.16 bits per heavy atom. The van der Waals surface area contributed by atoms with Gasteiger partial charge in [0.15, 0.2) is 5.78 Å². The summed E-state index contributed by atoms with van der Waals surface area (Å²) < 4.78 is 7.22. The third-order valence-electron chi connectivity index (χ3n) is 2.89. The minimum absolute atomic E-state index is 0.105. The van der Waals surface area contributed by atoms with Crippen LogP contribution in [0.1, 0.15) is 29.3 Å². The zero-order chi connectivity index (χ0) is 13.7. The quantitative estimate of drug-likeness (QED) is 0.748. The molecule has 0 aliphatic heterocycles. The van der Waals surface area contributed by atoms with E-state index >= 15 is 0 Å². The average molecular weight is 258 g/mol. The van der Waals surface area contributed by atoms with Crippen molar-refractivity contribution in [2.45, 2.75) is 19.8 Å². The molecule has 0 spiro atoms. The molecule has 0 unspecified atom stereocenters. The van der Waals surface area contributed by atoms with E-state index in [4.69, 9.17) is 4.74 Å². The first kappa shape index (κ1) is 13.3. The van der Waals surface area contributed by atoms with Crippen molar-refractivity contribution in [1.29, 1.82) is 0 Å². The predicted octanol–water partition coefficient (Wildman–Crippen LogP) is 2.63. The highest BCUT2D eigenvalue weighted by molar-refractivity contribution is 5.98. The molecular formula is C15H18N2O2. The van der Waals surface area contributed by atoms with E-state index in [1.807, 2.05) is 44.4 Å². The van der Waals surface area contributed by atoms with E-state index in [2.05, 4.69) is 5.10 Å². The lowest BCUT2D eigenvalue weighted by Crippen LogP contribution is -2.05. The van der Waals surface area contributed by atoms with E-state index in [9.17, 15) is 4.79 Å². The number of rotatable bonds is 6. The van der Waals surface area contributed by atoms with Gasteiger partial charge in [-0.3, -0.25) is 9.48 Å². The molecule has 1 aromatic heterocycles. The first-order valence-corrected chi connectivity index (χ1v) is 6.43. The molecule has 0 saturated heterocycles. The molecule has 0 aliphatic carbocycles. The minimum atomic E-state index is 0.105. The van der Waals surface area contributed by atoms with Crippen LogP contribution in [0.25, 0.3) is 0 Å². The summed E-state index contributed by atoms with van der Waals surface area (Å²) in [6, 6.07) is 7.39. The Balaban J connectivity index is 2.03. The van der Waals surface area contributed by atoms with E-state index in [-0.39, 0.29) is 5.78 Å². The maximum atomic E-state index is 12.2. The molecule has 2 aromatic rings. The maximum Gasteiger partial charge on any atom is 0.166 e. The van der Waals surface area contributed by atoms with Gasteiger partial charge in [0.2, 0.25) is 0 Å². The predicted molar refractivity (Wildman–Crippen MR) is 73.5 cm³/mol. The van der Waals surface area contributed by atoms with Gasteiger partial charge in [-0.05, 0) is 31.0 Å². The van der Waals surface area contributed by atoms with Crippen LogP contribution >= 0.6 is 0 Å². The maximum absolute atomic E-state index is 12.2. The number of carbonyl (C=O) groups excluding carboxylic acids is 1. The van der Waals surface area contributed by atoms with E-state index in [0.29, 0.717) is 30.8 Å². The molecule has 0 bridgehead atoms. The zero-order valence-electron chi connectivity index (χ0n) is 11.3. The summed E-state index contributed by atoms with van der Waals surface area (Å²) >= 11 is 0. The van der Waals surface area contributed by atoms with Crippen molar-refractivity contribution < 1.29 is 9.53 Å². The number of ketones is 1. The minimum Gasteiger partial charge on any atom is -0.493 e. The molecule has 0 atom stereocenters. The van der Waals surface area contributed by atoms with Gasteiger partial charge < -0.3 is 4.74 Å². The van der Waals surface area contributed by atoms with Gasteiger partial charge in [0.25, 0.3) is 0 Å². The summed E-state index contributed by atoms with van der Waals surface area (Å²) in [7, 11) is 1.87. The van der Waals surface area contributed by atoms with E-state index in [0.717, 1.165) is 5.56 Å². The van der Waals surface area contributed by atoms with Crippen LogP contribution in [0.4, 0.5) is 0 Å². The number of hydrogen-bond acceptors (Lipinski definition) is 3. The van der Waals surface area contributed by atoms with Gasteiger partial charge in [-0.1, -0.05) is 12.1 Å². The van der Waals surface area contributed by atoms with Crippen molar-refractivity contribution in [3.63, 3.8) is 0 Å².